The third-order valence-corrected chi connectivity index (χ3v) is 8.54. The van der Waals surface area contributed by atoms with Crippen LogP contribution in [0.5, 0.6) is 11.5 Å². The van der Waals surface area contributed by atoms with Crippen molar-refractivity contribution in [2.75, 3.05) is 17.8 Å². The Hall–Kier alpha value is -2.66. The van der Waals surface area contributed by atoms with E-state index in [0.717, 1.165) is 42.9 Å². The molecule has 0 aromatic heterocycles. The summed E-state index contributed by atoms with van der Waals surface area (Å²) in [7, 11) is -4.13. The number of amides is 1. The smallest absolute Gasteiger partial charge is 0.262 e. The zero-order chi connectivity index (χ0) is 27.1. The Morgan fingerprint density at radius 2 is 1.77 bits per heavy atom. The van der Waals surface area contributed by atoms with Crippen LogP contribution in [0.4, 0.5) is 10.1 Å². The van der Waals surface area contributed by atoms with Crippen LogP contribution in [-0.4, -0.2) is 27.4 Å². The number of benzene rings is 3. The van der Waals surface area contributed by atoms with E-state index in [0.29, 0.717) is 29.2 Å². The Balaban J connectivity index is 0.00000420. The molecule has 0 bridgehead atoms. The van der Waals surface area contributed by atoms with Gasteiger partial charge in [-0.2, -0.15) is 0 Å². The molecule has 1 heterocycles. The lowest BCUT2D eigenvalue weighted by Crippen LogP contribution is -2.27. The molecule has 210 valence electrons. The van der Waals surface area contributed by atoms with Crippen LogP contribution in [0, 0.1) is 11.7 Å². The van der Waals surface area contributed by atoms with Gasteiger partial charge in [0.15, 0.2) is 5.75 Å². The number of nitrogens with two attached hydrogens (primary N) is 1. The predicted molar refractivity (Wildman–Crippen MR) is 157 cm³/mol. The van der Waals surface area contributed by atoms with Gasteiger partial charge in [0.2, 0.25) is 5.91 Å². The third kappa shape index (κ3) is 8.66. The summed E-state index contributed by atoms with van der Waals surface area (Å²) in [5.74, 6) is 0.0693. The molecule has 11 heteroatoms. The second-order valence-corrected chi connectivity index (χ2v) is 12.0. The third-order valence-electron chi connectivity index (χ3n) is 6.65. The molecule has 0 aliphatic carbocycles. The first-order valence-electron chi connectivity index (χ1n) is 12.6. The molecule has 1 saturated heterocycles. The van der Waals surface area contributed by atoms with Gasteiger partial charge in [0.1, 0.15) is 11.6 Å². The molecule has 39 heavy (non-hydrogen) atoms. The Labute approximate surface area is 243 Å². The van der Waals surface area contributed by atoms with E-state index in [1.54, 1.807) is 24.3 Å². The number of halogens is 3. The lowest BCUT2D eigenvalue weighted by molar-refractivity contribution is 0.0999. The van der Waals surface area contributed by atoms with Crippen molar-refractivity contribution in [2.24, 2.45) is 11.7 Å². The molecule has 7 nitrogen and oxygen atoms in total. The maximum absolute atomic E-state index is 14.1. The van der Waals surface area contributed by atoms with Gasteiger partial charge in [-0.05, 0) is 105 Å². The van der Waals surface area contributed by atoms with Crippen LogP contribution in [0.3, 0.4) is 0 Å². The van der Waals surface area contributed by atoms with E-state index in [-0.39, 0.29) is 28.7 Å². The van der Waals surface area contributed by atoms with Gasteiger partial charge in [-0.3, -0.25) is 9.52 Å². The molecule has 1 aliphatic heterocycles. The minimum atomic E-state index is -4.13. The number of anilines is 1. The minimum Gasteiger partial charge on any atom is -0.455 e. The highest BCUT2D eigenvalue weighted by Crippen LogP contribution is 2.33. The van der Waals surface area contributed by atoms with Crippen LogP contribution in [-0.2, 0) is 16.4 Å². The fourth-order valence-corrected chi connectivity index (χ4v) is 5.98. The SMILES string of the molecule is Cl.NC(=O)c1ccc(S(=O)(=O)Nc2cc(F)ccc2Oc2ccc(Br)cc2)cc1CCCCC1CCNCC1. The molecule has 0 saturated carbocycles. The quantitative estimate of drug-likeness (QED) is 0.210. The number of primary amides is 1. The summed E-state index contributed by atoms with van der Waals surface area (Å²) in [6.07, 6.45) is 5.77. The molecule has 0 atom stereocenters. The number of ether oxygens (including phenoxy) is 1. The zero-order valence-electron chi connectivity index (χ0n) is 21.3. The van der Waals surface area contributed by atoms with E-state index >= 15 is 0 Å². The summed E-state index contributed by atoms with van der Waals surface area (Å²) in [6.45, 7) is 2.09. The molecule has 1 aliphatic rings. The minimum absolute atomic E-state index is 0. The first-order chi connectivity index (χ1) is 18.2. The Kier molecular flexibility index (Phi) is 11.2. The van der Waals surface area contributed by atoms with Crippen molar-refractivity contribution >= 4 is 50.0 Å². The van der Waals surface area contributed by atoms with Crippen LogP contribution < -0.4 is 20.5 Å². The number of rotatable bonds is 11. The van der Waals surface area contributed by atoms with Crippen molar-refractivity contribution in [2.45, 2.75) is 43.4 Å². The van der Waals surface area contributed by atoms with E-state index in [1.165, 1.54) is 43.2 Å². The lowest BCUT2D eigenvalue weighted by Gasteiger charge is -2.22. The number of aryl methyl sites for hydroxylation is 1. The van der Waals surface area contributed by atoms with Crippen molar-refractivity contribution < 1.29 is 22.3 Å². The zero-order valence-corrected chi connectivity index (χ0v) is 24.5. The van der Waals surface area contributed by atoms with Gasteiger partial charge in [-0.25, -0.2) is 12.8 Å². The van der Waals surface area contributed by atoms with Crippen molar-refractivity contribution in [3.8, 4) is 11.5 Å². The summed E-state index contributed by atoms with van der Waals surface area (Å²) < 4.78 is 49.8. The van der Waals surface area contributed by atoms with Crippen LogP contribution >= 0.6 is 28.3 Å². The van der Waals surface area contributed by atoms with Crippen molar-refractivity contribution in [3.63, 3.8) is 0 Å². The topological polar surface area (TPSA) is 111 Å². The van der Waals surface area contributed by atoms with E-state index in [4.69, 9.17) is 10.5 Å². The van der Waals surface area contributed by atoms with Gasteiger partial charge in [-0.1, -0.05) is 28.8 Å². The Morgan fingerprint density at radius 3 is 2.46 bits per heavy atom. The number of carbonyl (C=O) groups is 1. The van der Waals surface area contributed by atoms with Crippen molar-refractivity contribution in [1.82, 2.24) is 5.32 Å². The number of carbonyl (C=O) groups excluding carboxylic acids is 1. The first kappa shape index (κ1) is 30.9. The molecule has 0 radical (unpaired) electrons. The lowest BCUT2D eigenvalue weighted by atomic mass is 9.91. The van der Waals surface area contributed by atoms with E-state index in [2.05, 4.69) is 26.0 Å². The largest absolute Gasteiger partial charge is 0.455 e. The second-order valence-electron chi connectivity index (χ2n) is 9.42. The van der Waals surface area contributed by atoms with Gasteiger partial charge in [0, 0.05) is 16.1 Å². The molecule has 4 rings (SSSR count). The average Bonchev–Trinajstić information content (AvgIpc) is 2.89. The van der Waals surface area contributed by atoms with Crippen LogP contribution in [0.15, 0.2) is 70.0 Å². The van der Waals surface area contributed by atoms with Crippen molar-refractivity contribution in [3.05, 3.63) is 82.1 Å². The monoisotopic (exact) mass is 639 g/mol. The van der Waals surface area contributed by atoms with Gasteiger partial charge in [-0.15, -0.1) is 12.4 Å². The molecule has 0 unspecified atom stereocenters. The number of piperidine rings is 1. The molecule has 1 amide bonds. The molecule has 3 aromatic rings. The summed E-state index contributed by atoms with van der Waals surface area (Å²) in [6, 6.07) is 14.8. The number of sulfonamides is 1. The van der Waals surface area contributed by atoms with Gasteiger partial charge in [0.25, 0.3) is 10.0 Å². The van der Waals surface area contributed by atoms with Gasteiger partial charge in [0.05, 0.1) is 10.6 Å². The highest BCUT2D eigenvalue weighted by molar-refractivity contribution is 9.10. The molecular formula is C28H32BrClFN3O4S. The van der Waals surface area contributed by atoms with E-state index in [1.807, 2.05) is 0 Å². The van der Waals surface area contributed by atoms with Crippen LogP contribution in [0.2, 0.25) is 0 Å². The van der Waals surface area contributed by atoms with Crippen molar-refractivity contribution in [1.29, 1.82) is 0 Å². The summed E-state index contributed by atoms with van der Waals surface area (Å²) in [4.78, 5) is 12.0. The van der Waals surface area contributed by atoms with Crippen LogP contribution in [0.25, 0.3) is 0 Å². The number of hydrogen-bond donors (Lipinski definition) is 3. The number of unbranched alkanes of at least 4 members (excludes halogenated alkanes) is 1. The molecular weight excluding hydrogens is 609 g/mol. The van der Waals surface area contributed by atoms with E-state index < -0.39 is 21.7 Å². The predicted octanol–water partition coefficient (Wildman–Crippen LogP) is 6.41. The molecule has 3 aromatic carbocycles. The second kappa shape index (κ2) is 14.1. The molecule has 0 spiro atoms. The summed E-state index contributed by atoms with van der Waals surface area (Å²) >= 11 is 3.35. The Bertz CT molecular complexity index is 1380. The standard InChI is InChI=1S/C28H31BrFN3O4S.ClH/c29-21-5-8-23(9-6-21)37-27-12-7-22(30)18-26(27)33-38(35,36)24-10-11-25(28(31)34)20(17-24)4-2-1-3-19-13-15-32-16-14-19;/h5-12,17-19,32-33H,1-4,13-16H2,(H2,31,34);1H. The average molecular weight is 641 g/mol. The molecule has 4 N–H and O–H groups in total. The van der Waals surface area contributed by atoms with E-state index in [9.17, 15) is 17.6 Å². The normalized spacial score (nSPS) is 13.9. The van der Waals surface area contributed by atoms with Crippen LogP contribution in [0.1, 0.15) is 48.0 Å². The fourth-order valence-electron chi connectivity index (χ4n) is 4.61. The molecule has 1 fully saturated rings. The fraction of sp³-hybridized carbons (Fsp3) is 0.321. The highest BCUT2D eigenvalue weighted by Gasteiger charge is 2.21. The van der Waals surface area contributed by atoms with Gasteiger partial charge < -0.3 is 15.8 Å². The maximum atomic E-state index is 14.1. The summed E-state index contributed by atoms with van der Waals surface area (Å²) in [5.41, 5.74) is 6.40. The number of hydrogen-bond acceptors (Lipinski definition) is 5. The van der Waals surface area contributed by atoms with Gasteiger partial charge >= 0.3 is 0 Å². The first-order valence-corrected chi connectivity index (χ1v) is 14.9. The highest BCUT2D eigenvalue weighted by atomic mass is 79.9. The Morgan fingerprint density at radius 1 is 1.05 bits per heavy atom. The number of nitrogens with one attached hydrogen (secondary N) is 2. The maximum Gasteiger partial charge on any atom is 0.262 e. The summed E-state index contributed by atoms with van der Waals surface area (Å²) in [5, 5.41) is 3.36.